The minimum atomic E-state index is -0.138. The van der Waals surface area contributed by atoms with Gasteiger partial charge < -0.3 is 11.1 Å². The summed E-state index contributed by atoms with van der Waals surface area (Å²) in [7, 11) is 0. The van der Waals surface area contributed by atoms with Crippen LogP contribution in [0.1, 0.15) is 53.2 Å². The third kappa shape index (κ3) is 3.76. The van der Waals surface area contributed by atoms with Crippen LogP contribution in [0.3, 0.4) is 0 Å². The number of carbonyl (C=O) groups excluding carboxylic acids is 1. The molecule has 1 aromatic carbocycles. The molecule has 0 bridgehead atoms. The highest BCUT2D eigenvalue weighted by atomic mass is 16.1. The second-order valence-corrected chi connectivity index (χ2v) is 9.05. The Morgan fingerprint density at radius 3 is 2.83 bits per heavy atom. The number of aromatic nitrogens is 7. The molecule has 4 N–H and O–H groups in total. The standard InChI is InChI=1S/C25H25N9O/c1-14-8-20-16(12-31-32-20)9-18(14)25(35)28-11-15-6-7-19(27-10-15)22-21-23(26)29-13-30-24(21)34(33-22)17-4-2-3-5-17/h6-10,12-13,17H,2-5,11H2,1H3,(H,28,35)(H,31,32)(H2,26,29,30). The molecule has 35 heavy (non-hydrogen) atoms. The van der Waals surface area contributed by atoms with Gasteiger partial charge in [-0.05, 0) is 49.1 Å². The fraction of sp³-hybridized carbons (Fsp3) is 0.280. The largest absolute Gasteiger partial charge is 0.383 e. The Morgan fingerprint density at radius 1 is 1.17 bits per heavy atom. The fourth-order valence-electron chi connectivity index (χ4n) is 4.87. The molecule has 176 valence electrons. The molecule has 0 aliphatic heterocycles. The van der Waals surface area contributed by atoms with Crippen LogP contribution in [0.25, 0.3) is 33.3 Å². The fourth-order valence-corrected chi connectivity index (χ4v) is 4.87. The van der Waals surface area contributed by atoms with Crippen LogP contribution in [-0.4, -0.2) is 40.8 Å². The Kier molecular flexibility index (Phi) is 5.13. The number of rotatable bonds is 5. The topological polar surface area (TPSA) is 140 Å². The lowest BCUT2D eigenvalue weighted by Gasteiger charge is -2.10. The normalized spacial score (nSPS) is 14.2. The number of aryl methyl sites for hydroxylation is 1. The van der Waals surface area contributed by atoms with Gasteiger partial charge in [-0.25, -0.2) is 14.6 Å². The van der Waals surface area contributed by atoms with Crippen molar-refractivity contribution in [3.8, 4) is 11.4 Å². The van der Waals surface area contributed by atoms with Crippen LogP contribution < -0.4 is 11.1 Å². The van der Waals surface area contributed by atoms with Crippen LogP contribution >= 0.6 is 0 Å². The Balaban J connectivity index is 1.24. The minimum Gasteiger partial charge on any atom is -0.383 e. The van der Waals surface area contributed by atoms with Crippen molar-refractivity contribution < 1.29 is 4.79 Å². The lowest BCUT2D eigenvalue weighted by molar-refractivity contribution is 0.0950. The average molecular weight is 468 g/mol. The lowest BCUT2D eigenvalue weighted by Crippen LogP contribution is -2.23. The summed E-state index contributed by atoms with van der Waals surface area (Å²) < 4.78 is 1.99. The summed E-state index contributed by atoms with van der Waals surface area (Å²) >= 11 is 0. The van der Waals surface area contributed by atoms with E-state index in [-0.39, 0.29) is 5.91 Å². The highest BCUT2D eigenvalue weighted by molar-refractivity contribution is 5.99. The molecular weight excluding hydrogens is 442 g/mol. The van der Waals surface area contributed by atoms with E-state index in [0.717, 1.165) is 45.9 Å². The van der Waals surface area contributed by atoms with Crippen molar-refractivity contribution in [1.82, 2.24) is 40.2 Å². The van der Waals surface area contributed by atoms with E-state index in [1.165, 1.54) is 19.2 Å². The number of anilines is 1. The number of nitrogen functional groups attached to an aromatic ring is 1. The molecule has 10 nitrogen and oxygen atoms in total. The number of nitrogens with two attached hydrogens (primary N) is 1. The van der Waals surface area contributed by atoms with Gasteiger partial charge in [0.25, 0.3) is 5.91 Å². The molecule has 4 aromatic heterocycles. The van der Waals surface area contributed by atoms with Gasteiger partial charge in [0.15, 0.2) is 5.65 Å². The molecule has 0 unspecified atom stereocenters. The zero-order chi connectivity index (χ0) is 23.9. The quantitative estimate of drug-likeness (QED) is 0.358. The number of carbonyl (C=O) groups is 1. The summed E-state index contributed by atoms with van der Waals surface area (Å²) in [6.45, 7) is 2.27. The van der Waals surface area contributed by atoms with Crippen LogP contribution in [0.5, 0.6) is 0 Å². The van der Waals surface area contributed by atoms with Crippen molar-refractivity contribution in [2.45, 2.75) is 45.2 Å². The van der Waals surface area contributed by atoms with Crippen molar-refractivity contribution in [2.24, 2.45) is 0 Å². The molecule has 10 heteroatoms. The molecule has 0 atom stereocenters. The van der Waals surface area contributed by atoms with Crippen LogP contribution in [0.4, 0.5) is 5.82 Å². The van der Waals surface area contributed by atoms with Gasteiger partial charge in [-0.3, -0.25) is 14.9 Å². The van der Waals surface area contributed by atoms with Gasteiger partial charge in [0.1, 0.15) is 17.8 Å². The van der Waals surface area contributed by atoms with Gasteiger partial charge in [0.05, 0.1) is 28.8 Å². The van der Waals surface area contributed by atoms with Crippen LogP contribution in [-0.2, 0) is 6.54 Å². The number of fused-ring (bicyclic) bond motifs is 2. The van der Waals surface area contributed by atoms with E-state index in [4.69, 9.17) is 10.8 Å². The molecule has 0 radical (unpaired) electrons. The third-order valence-electron chi connectivity index (χ3n) is 6.74. The van der Waals surface area contributed by atoms with Crippen molar-refractivity contribution >= 4 is 33.7 Å². The van der Waals surface area contributed by atoms with Gasteiger partial charge in [0.2, 0.25) is 0 Å². The van der Waals surface area contributed by atoms with Crippen molar-refractivity contribution in [3.05, 3.63) is 59.7 Å². The Labute approximate surface area is 201 Å². The maximum Gasteiger partial charge on any atom is 0.251 e. The number of H-pyrrole nitrogens is 1. The molecule has 0 saturated heterocycles. The van der Waals surface area contributed by atoms with Gasteiger partial charge >= 0.3 is 0 Å². The molecule has 1 aliphatic rings. The van der Waals surface area contributed by atoms with Gasteiger partial charge in [-0.1, -0.05) is 18.9 Å². The molecule has 1 amide bonds. The SMILES string of the molecule is Cc1cc2[nH]ncc2cc1C(=O)NCc1ccc(-c2nn(C3CCCC3)c3ncnc(N)c23)nc1. The molecule has 0 spiro atoms. The monoisotopic (exact) mass is 467 g/mol. The summed E-state index contributed by atoms with van der Waals surface area (Å²) in [5, 5.41) is 16.4. The highest BCUT2D eigenvalue weighted by Crippen LogP contribution is 2.35. The van der Waals surface area contributed by atoms with Gasteiger partial charge in [0, 0.05) is 23.7 Å². The van der Waals surface area contributed by atoms with Crippen molar-refractivity contribution in [3.63, 3.8) is 0 Å². The van der Waals surface area contributed by atoms with E-state index in [1.54, 1.807) is 12.4 Å². The highest BCUT2D eigenvalue weighted by Gasteiger charge is 2.25. The van der Waals surface area contributed by atoms with E-state index in [2.05, 4.69) is 30.5 Å². The van der Waals surface area contributed by atoms with Crippen molar-refractivity contribution in [1.29, 1.82) is 0 Å². The van der Waals surface area contributed by atoms with E-state index in [9.17, 15) is 4.79 Å². The van der Waals surface area contributed by atoms with E-state index >= 15 is 0 Å². The minimum absolute atomic E-state index is 0.138. The third-order valence-corrected chi connectivity index (χ3v) is 6.74. The van der Waals surface area contributed by atoms with E-state index in [0.29, 0.717) is 35.4 Å². The molecule has 4 heterocycles. The second kappa shape index (κ2) is 8.46. The lowest BCUT2D eigenvalue weighted by atomic mass is 10.1. The number of pyridine rings is 1. The molecule has 6 rings (SSSR count). The van der Waals surface area contributed by atoms with Crippen LogP contribution in [0.15, 0.2) is 43.0 Å². The number of hydrogen-bond acceptors (Lipinski definition) is 7. The number of amides is 1. The number of nitrogens with zero attached hydrogens (tertiary/aromatic N) is 6. The molecular formula is C25H25N9O. The second-order valence-electron chi connectivity index (χ2n) is 9.05. The first kappa shape index (κ1) is 21.2. The average Bonchev–Trinajstić information content (AvgIpc) is 3.62. The molecule has 1 fully saturated rings. The summed E-state index contributed by atoms with van der Waals surface area (Å²) in [6, 6.07) is 7.94. The number of nitrogens with one attached hydrogen (secondary N) is 2. The first-order valence-corrected chi connectivity index (χ1v) is 11.7. The van der Waals surface area contributed by atoms with Crippen LogP contribution in [0, 0.1) is 6.92 Å². The Bertz CT molecular complexity index is 1550. The maximum absolute atomic E-state index is 12.8. The van der Waals surface area contributed by atoms with E-state index in [1.807, 2.05) is 35.9 Å². The summed E-state index contributed by atoms with van der Waals surface area (Å²) in [4.78, 5) is 26.1. The van der Waals surface area contributed by atoms with Gasteiger partial charge in [-0.2, -0.15) is 10.2 Å². The number of aromatic amines is 1. The summed E-state index contributed by atoms with van der Waals surface area (Å²) in [5.74, 6) is 0.262. The smallest absolute Gasteiger partial charge is 0.251 e. The maximum atomic E-state index is 12.8. The first-order chi connectivity index (χ1) is 17.1. The number of hydrogen-bond donors (Lipinski definition) is 3. The predicted octanol–water partition coefficient (Wildman–Crippen LogP) is 3.70. The van der Waals surface area contributed by atoms with Crippen molar-refractivity contribution in [2.75, 3.05) is 5.73 Å². The van der Waals surface area contributed by atoms with Crippen LogP contribution in [0.2, 0.25) is 0 Å². The zero-order valence-corrected chi connectivity index (χ0v) is 19.3. The summed E-state index contributed by atoms with van der Waals surface area (Å²) in [6.07, 6.45) is 9.50. The Morgan fingerprint density at radius 2 is 2.03 bits per heavy atom. The number of benzene rings is 1. The predicted molar refractivity (Wildman–Crippen MR) is 132 cm³/mol. The van der Waals surface area contributed by atoms with E-state index < -0.39 is 0 Å². The first-order valence-electron chi connectivity index (χ1n) is 11.7. The molecule has 1 saturated carbocycles. The molecule has 1 aliphatic carbocycles. The molecule has 5 aromatic rings. The zero-order valence-electron chi connectivity index (χ0n) is 19.3. The Hall–Kier alpha value is -4.34. The van der Waals surface area contributed by atoms with Gasteiger partial charge in [-0.15, -0.1) is 0 Å². The summed E-state index contributed by atoms with van der Waals surface area (Å²) in [5.41, 5.74) is 11.7.